The summed E-state index contributed by atoms with van der Waals surface area (Å²) in [5.74, 6) is 0.597. The van der Waals surface area contributed by atoms with E-state index in [0.717, 1.165) is 36.1 Å². The summed E-state index contributed by atoms with van der Waals surface area (Å²) < 4.78 is 0. The zero-order chi connectivity index (χ0) is 15.0. The van der Waals surface area contributed by atoms with Crippen molar-refractivity contribution in [3.8, 4) is 0 Å². The lowest BCUT2D eigenvalue weighted by molar-refractivity contribution is 0.308. The molecule has 3 rings (SSSR count). The smallest absolute Gasteiger partial charge is 0.134 e. The van der Waals surface area contributed by atoms with E-state index in [1.165, 1.54) is 12.0 Å². The van der Waals surface area contributed by atoms with Gasteiger partial charge in [0.25, 0.3) is 0 Å². The summed E-state index contributed by atoms with van der Waals surface area (Å²) in [5.41, 5.74) is 9.29. The number of aryl methyl sites for hydroxylation is 1. The maximum absolute atomic E-state index is 6.37. The van der Waals surface area contributed by atoms with Crippen LogP contribution in [0.15, 0.2) is 24.3 Å². The van der Waals surface area contributed by atoms with Crippen LogP contribution in [-0.4, -0.2) is 29.0 Å². The first-order chi connectivity index (χ1) is 10.0. The van der Waals surface area contributed by atoms with Gasteiger partial charge in [-0.15, -0.1) is 0 Å². The molecule has 1 aliphatic rings. The molecule has 3 nitrogen and oxygen atoms in total. The summed E-state index contributed by atoms with van der Waals surface area (Å²) in [4.78, 5) is 6.97. The van der Waals surface area contributed by atoms with Gasteiger partial charge in [0, 0.05) is 30.1 Å². The number of hydrogen-bond acceptors (Lipinski definition) is 3. The molecule has 2 unspecified atom stereocenters. The number of fused-ring (bicyclic) bond motifs is 1. The van der Waals surface area contributed by atoms with Gasteiger partial charge >= 0.3 is 0 Å². The first kappa shape index (κ1) is 14.8. The van der Waals surface area contributed by atoms with E-state index in [4.69, 9.17) is 17.3 Å². The molecule has 112 valence electrons. The summed E-state index contributed by atoms with van der Waals surface area (Å²) in [6, 6.07) is 8.75. The fourth-order valence-electron chi connectivity index (χ4n) is 3.08. The Morgan fingerprint density at radius 2 is 2.24 bits per heavy atom. The van der Waals surface area contributed by atoms with Gasteiger partial charge in [0.1, 0.15) is 5.15 Å². The van der Waals surface area contributed by atoms with Gasteiger partial charge in [-0.1, -0.05) is 23.7 Å². The van der Waals surface area contributed by atoms with Crippen LogP contribution >= 0.6 is 11.6 Å². The molecule has 1 aliphatic heterocycles. The van der Waals surface area contributed by atoms with Gasteiger partial charge in [0.2, 0.25) is 0 Å². The van der Waals surface area contributed by atoms with Crippen LogP contribution in [0.5, 0.6) is 0 Å². The van der Waals surface area contributed by atoms with E-state index in [9.17, 15) is 0 Å². The Kier molecular flexibility index (Phi) is 4.16. The molecule has 1 saturated heterocycles. The Balaban J connectivity index is 1.81. The second-order valence-corrected chi connectivity index (χ2v) is 6.64. The number of likely N-dealkylation sites (tertiary alicyclic amines) is 1. The van der Waals surface area contributed by atoms with Crippen molar-refractivity contribution in [2.45, 2.75) is 32.9 Å². The third kappa shape index (κ3) is 3.20. The zero-order valence-corrected chi connectivity index (χ0v) is 13.4. The number of rotatable bonds is 3. The highest BCUT2D eigenvalue weighted by Crippen LogP contribution is 2.26. The van der Waals surface area contributed by atoms with Crippen LogP contribution in [0.4, 0.5) is 0 Å². The molecule has 0 aliphatic carbocycles. The molecule has 0 saturated carbocycles. The minimum atomic E-state index is 0.267. The number of nitrogens with two attached hydrogens (primary N) is 1. The highest BCUT2D eigenvalue weighted by Gasteiger charge is 2.25. The SMILES string of the molecule is Cc1ccc2cc(CN3CCC(C(C)N)C3)c(Cl)nc2c1. The molecular formula is C17H22ClN3. The minimum absolute atomic E-state index is 0.267. The van der Waals surface area contributed by atoms with E-state index in [0.29, 0.717) is 11.1 Å². The van der Waals surface area contributed by atoms with E-state index in [-0.39, 0.29) is 6.04 Å². The van der Waals surface area contributed by atoms with E-state index < -0.39 is 0 Å². The molecule has 2 heterocycles. The van der Waals surface area contributed by atoms with Crippen LogP contribution in [0.25, 0.3) is 10.9 Å². The monoisotopic (exact) mass is 303 g/mol. The lowest BCUT2D eigenvalue weighted by Crippen LogP contribution is -2.29. The number of benzene rings is 1. The Labute approximate surface area is 131 Å². The Morgan fingerprint density at radius 1 is 1.43 bits per heavy atom. The maximum atomic E-state index is 6.37. The lowest BCUT2D eigenvalue weighted by Gasteiger charge is -2.18. The molecule has 2 atom stereocenters. The molecule has 0 amide bonds. The van der Waals surface area contributed by atoms with Crippen molar-refractivity contribution in [1.29, 1.82) is 0 Å². The normalized spacial score (nSPS) is 21.0. The third-order valence-electron chi connectivity index (χ3n) is 4.45. The van der Waals surface area contributed by atoms with E-state index >= 15 is 0 Å². The molecule has 1 aromatic carbocycles. The summed E-state index contributed by atoms with van der Waals surface area (Å²) in [5, 5.41) is 1.78. The highest BCUT2D eigenvalue weighted by molar-refractivity contribution is 6.30. The number of nitrogens with zero attached hydrogens (tertiary/aromatic N) is 2. The second-order valence-electron chi connectivity index (χ2n) is 6.28. The fraction of sp³-hybridized carbons (Fsp3) is 0.471. The standard InChI is InChI=1S/C17H22ClN3/c1-11-3-4-13-8-15(17(18)20-16(13)7-11)10-21-6-5-14(9-21)12(2)19/h3-4,7-8,12,14H,5-6,9-10,19H2,1-2H3. The Morgan fingerprint density at radius 3 is 2.95 bits per heavy atom. The average Bonchev–Trinajstić information content (AvgIpc) is 2.89. The molecule has 21 heavy (non-hydrogen) atoms. The van der Waals surface area contributed by atoms with Crippen molar-refractivity contribution in [1.82, 2.24) is 9.88 Å². The lowest BCUT2D eigenvalue weighted by atomic mass is 10.0. The van der Waals surface area contributed by atoms with Gasteiger partial charge in [0.15, 0.2) is 0 Å². The van der Waals surface area contributed by atoms with Crippen molar-refractivity contribution >= 4 is 22.5 Å². The quantitative estimate of drug-likeness (QED) is 0.884. The van der Waals surface area contributed by atoms with Gasteiger partial charge < -0.3 is 5.73 Å². The first-order valence-electron chi connectivity index (χ1n) is 7.56. The van der Waals surface area contributed by atoms with E-state index in [1.54, 1.807) is 0 Å². The van der Waals surface area contributed by atoms with Gasteiger partial charge in [-0.05, 0) is 50.4 Å². The number of pyridine rings is 1. The summed E-state index contributed by atoms with van der Waals surface area (Å²) in [6.45, 7) is 7.18. The van der Waals surface area contributed by atoms with Crippen molar-refractivity contribution in [3.05, 3.63) is 40.5 Å². The van der Waals surface area contributed by atoms with Gasteiger partial charge in [-0.3, -0.25) is 4.90 Å². The maximum Gasteiger partial charge on any atom is 0.134 e. The van der Waals surface area contributed by atoms with Crippen molar-refractivity contribution in [3.63, 3.8) is 0 Å². The molecular weight excluding hydrogens is 282 g/mol. The van der Waals surface area contributed by atoms with Crippen molar-refractivity contribution in [2.24, 2.45) is 11.7 Å². The van der Waals surface area contributed by atoms with E-state index in [2.05, 4.69) is 48.0 Å². The molecule has 4 heteroatoms. The summed E-state index contributed by atoms with van der Waals surface area (Å²) in [6.07, 6.45) is 1.18. The molecule has 2 N–H and O–H groups in total. The van der Waals surface area contributed by atoms with Crippen molar-refractivity contribution < 1.29 is 0 Å². The highest BCUT2D eigenvalue weighted by atomic mass is 35.5. The molecule has 0 spiro atoms. The van der Waals surface area contributed by atoms with Crippen LogP contribution in [0, 0.1) is 12.8 Å². The predicted molar refractivity (Wildman–Crippen MR) is 88.5 cm³/mol. The van der Waals surface area contributed by atoms with Gasteiger partial charge in [-0.2, -0.15) is 0 Å². The van der Waals surface area contributed by atoms with E-state index in [1.807, 2.05) is 0 Å². The second kappa shape index (κ2) is 5.91. The average molecular weight is 304 g/mol. The fourth-order valence-corrected chi connectivity index (χ4v) is 3.29. The summed E-state index contributed by atoms with van der Waals surface area (Å²) >= 11 is 6.37. The molecule has 0 bridgehead atoms. The summed E-state index contributed by atoms with van der Waals surface area (Å²) in [7, 11) is 0. The number of hydrogen-bond donors (Lipinski definition) is 1. The minimum Gasteiger partial charge on any atom is -0.328 e. The van der Waals surface area contributed by atoms with Gasteiger partial charge in [0.05, 0.1) is 5.52 Å². The largest absolute Gasteiger partial charge is 0.328 e. The predicted octanol–water partition coefficient (Wildman–Crippen LogP) is 3.37. The molecule has 1 fully saturated rings. The van der Waals surface area contributed by atoms with Crippen LogP contribution < -0.4 is 5.73 Å². The molecule has 2 aromatic rings. The van der Waals surface area contributed by atoms with Crippen LogP contribution in [0.2, 0.25) is 5.15 Å². The Bertz CT molecular complexity index is 654. The number of halogens is 1. The van der Waals surface area contributed by atoms with Gasteiger partial charge in [-0.25, -0.2) is 4.98 Å². The number of aromatic nitrogens is 1. The molecule has 0 radical (unpaired) electrons. The van der Waals surface area contributed by atoms with Crippen LogP contribution in [0.1, 0.15) is 24.5 Å². The first-order valence-corrected chi connectivity index (χ1v) is 7.94. The Hall–Kier alpha value is -1.16. The molecule has 1 aromatic heterocycles. The van der Waals surface area contributed by atoms with Crippen LogP contribution in [-0.2, 0) is 6.54 Å². The topological polar surface area (TPSA) is 42.1 Å². The zero-order valence-electron chi connectivity index (χ0n) is 12.6. The third-order valence-corrected chi connectivity index (χ3v) is 4.77. The van der Waals surface area contributed by atoms with Crippen molar-refractivity contribution in [2.75, 3.05) is 13.1 Å². The van der Waals surface area contributed by atoms with Crippen LogP contribution in [0.3, 0.4) is 0 Å².